The van der Waals surface area contributed by atoms with Crippen molar-refractivity contribution in [1.29, 1.82) is 0 Å². The van der Waals surface area contributed by atoms with E-state index >= 15 is 0 Å². The maximum atomic E-state index is 12.4. The minimum absolute atomic E-state index is 0.0762. The maximum absolute atomic E-state index is 12.4. The van der Waals surface area contributed by atoms with E-state index in [4.69, 9.17) is 9.47 Å². The molecule has 0 radical (unpaired) electrons. The molecule has 4 rings (SSSR count). The van der Waals surface area contributed by atoms with Gasteiger partial charge in [0.2, 0.25) is 12.7 Å². The number of imide groups is 1. The molecule has 1 aliphatic rings. The molecule has 0 bridgehead atoms. The van der Waals surface area contributed by atoms with Gasteiger partial charge in [-0.2, -0.15) is 0 Å². The number of carbonyl (C=O) groups excluding carboxylic acids is 2. The van der Waals surface area contributed by atoms with Crippen molar-refractivity contribution in [3.8, 4) is 11.5 Å². The number of hydrogen-bond donors (Lipinski definition) is 2. The van der Waals surface area contributed by atoms with Gasteiger partial charge in [-0.15, -0.1) is 0 Å². The molecule has 29 heavy (non-hydrogen) atoms. The van der Waals surface area contributed by atoms with Crippen molar-refractivity contribution < 1.29 is 19.1 Å². The van der Waals surface area contributed by atoms with Crippen molar-refractivity contribution in [3.63, 3.8) is 0 Å². The summed E-state index contributed by atoms with van der Waals surface area (Å²) in [6.07, 6.45) is 0. The number of fused-ring (bicyclic) bond motifs is 2. The van der Waals surface area contributed by atoms with Crippen LogP contribution in [0.4, 0.5) is 10.5 Å². The van der Waals surface area contributed by atoms with Crippen molar-refractivity contribution in [2.45, 2.75) is 5.16 Å². The van der Waals surface area contributed by atoms with Crippen LogP contribution < -0.4 is 25.7 Å². The summed E-state index contributed by atoms with van der Waals surface area (Å²) in [6, 6.07) is 11.2. The molecule has 0 saturated heterocycles. The largest absolute Gasteiger partial charge is 0.454 e. The number of nitrogens with zero attached hydrogens (tertiary/aromatic N) is 2. The summed E-state index contributed by atoms with van der Waals surface area (Å²) < 4.78 is 11.8. The molecule has 10 heteroatoms. The van der Waals surface area contributed by atoms with Crippen molar-refractivity contribution in [1.82, 2.24) is 14.9 Å². The maximum Gasteiger partial charge on any atom is 0.325 e. The molecule has 0 unspecified atom stereocenters. The lowest BCUT2D eigenvalue weighted by Gasteiger charge is -2.09. The molecule has 3 aromatic rings. The topological polar surface area (TPSA) is 112 Å². The van der Waals surface area contributed by atoms with E-state index in [0.717, 1.165) is 11.8 Å². The second-order valence-corrected chi connectivity index (χ2v) is 7.08. The van der Waals surface area contributed by atoms with Crippen LogP contribution in [0.1, 0.15) is 0 Å². The average molecular weight is 412 g/mol. The number of anilines is 1. The van der Waals surface area contributed by atoms with Crippen molar-refractivity contribution in [2.75, 3.05) is 17.9 Å². The zero-order valence-electron chi connectivity index (χ0n) is 15.3. The van der Waals surface area contributed by atoms with Gasteiger partial charge in [0.25, 0.3) is 5.56 Å². The number of ether oxygens (including phenoxy) is 2. The molecule has 0 atom stereocenters. The Kier molecular flexibility index (Phi) is 5.09. The number of carbonyl (C=O) groups is 2. The predicted octanol–water partition coefficient (Wildman–Crippen LogP) is 2.10. The molecule has 2 aromatic carbocycles. The van der Waals surface area contributed by atoms with Gasteiger partial charge in [-0.3, -0.25) is 19.5 Å². The van der Waals surface area contributed by atoms with Gasteiger partial charge in [-0.05, 0) is 24.3 Å². The molecule has 9 nitrogen and oxygen atoms in total. The molecule has 0 fully saturated rings. The van der Waals surface area contributed by atoms with E-state index in [0.29, 0.717) is 33.2 Å². The number of hydrogen-bond acceptors (Lipinski definition) is 7. The van der Waals surface area contributed by atoms with Gasteiger partial charge in [0.15, 0.2) is 16.7 Å². The SMILES string of the molecule is Cn1c(SCC(=O)NC(=O)Nc2ccc3c(c2)OCO3)nc2ccccc2c1=O. The first-order valence-electron chi connectivity index (χ1n) is 8.60. The third-order valence-corrected chi connectivity index (χ3v) is 5.19. The Hall–Kier alpha value is -3.53. The summed E-state index contributed by atoms with van der Waals surface area (Å²) in [4.78, 5) is 40.9. The lowest BCUT2D eigenvalue weighted by atomic mass is 10.2. The number of nitrogens with one attached hydrogen (secondary N) is 2. The monoisotopic (exact) mass is 412 g/mol. The van der Waals surface area contributed by atoms with Crippen LogP contribution in [0.3, 0.4) is 0 Å². The third-order valence-electron chi connectivity index (χ3n) is 4.16. The van der Waals surface area contributed by atoms with Crippen LogP contribution >= 0.6 is 11.8 Å². The van der Waals surface area contributed by atoms with Gasteiger partial charge in [0.05, 0.1) is 16.7 Å². The minimum Gasteiger partial charge on any atom is -0.454 e. The fourth-order valence-electron chi connectivity index (χ4n) is 2.76. The number of amides is 3. The average Bonchev–Trinajstić information content (AvgIpc) is 3.17. The molecular weight excluding hydrogens is 396 g/mol. The smallest absolute Gasteiger partial charge is 0.325 e. The van der Waals surface area contributed by atoms with Crippen molar-refractivity contribution in [3.05, 3.63) is 52.8 Å². The van der Waals surface area contributed by atoms with Gasteiger partial charge in [0.1, 0.15) is 0 Å². The van der Waals surface area contributed by atoms with Crippen LogP contribution in [0, 0.1) is 0 Å². The Morgan fingerprint density at radius 1 is 1.17 bits per heavy atom. The van der Waals surface area contributed by atoms with E-state index < -0.39 is 11.9 Å². The number of para-hydroxylation sites is 1. The lowest BCUT2D eigenvalue weighted by Crippen LogP contribution is -2.35. The van der Waals surface area contributed by atoms with Gasteiger partial charge in [0, 0.05) is 18.8 Å². The molecule has 1 aromatic heterocycles. The first-order chi connectivity index (χ1) is 14.0. The number of rotatable bonds is 4. The Morgan fingerprint density at radius 2 is 1.97 bits per heavy atom. The van der Waals surface area contributed by atoms with Crippen LogP contribution in [-0.4, -0.2) is 34.0 Å². The van der Waals surface area contributed by atoms with E-state index in [1.807, 2.05) is 0 Å². The normalized spacial score (nSPS) is 12.0. The molecule has 0 spiro atoms. The molecule has 0 saturated carbocycles. The van der Waals surface area contributed by atoms with Crippen molar-refractivity contribution >= 4 is 40.3 Å². The Labute approximate surface area is 169 Å². The highest BCUT2D eigenvalue weighted by atomic mass is 32.2. The van der Waals surface area contributed by atoms with E-state index in [9.17, 15) is 14.4 Å². The zero-order valence-corrected chi connectivity index (χ0v) is 16.1. The molecule has 1 aliphatic heterocycles. The van der Waals surface area contributed by atoms with E-state index in [2.05, 4.69) is 15.6 Å². The minimum atomic E-state index is -0.671. The standard InChI is InChI=1S/C19H16N4O5S/c1-23-17(25)12-4-2-3-5-13(12)21-19(23)29-9-16(24)22-18(26)20-11-6-7-14-15(8-11)28-10-27-14/h2-8H,9-10H2,1H3,(H2,20,22,24,26). The number of benzene rings is 2. The molecule has 2 N–H and O–H groups in total. The number of urea groups is 1. The number of thioether (sulfide) groups is 1. The molecule has 2 heterocycles. The van der Waals surface area contributed by atoms with Gasteiger partial charge >= 0.3 is 6.03 Å². The van der Waals surface area contributed by atoms with Crippen molar-refractivity contribution in [2.24, 2.45) is 7.05 Å². The molecule has 3 amide bonds. The summed E-state index contributed by atoms with van der Waals surface area (Å²) >= 11 is 1.07. The van der Waals surface area contributed by atoms with Gasteiger partial charge < -0.3 is 14.8 Å². The van der Waals surface area contributed by atoms with Crippen LogP contribution in [0.15, 0.2) is 52.4 Å². The summed E-state index contributed by atoms with van der Waals surface area (Å²) in [5.41, 5.74) is 0.823. The zero-order chi connectivity index (χ0) is 20.4. The molecule has 148 valence electrons. The van der Waals surface area contributed by atoms with Crippen LogP contribution in [0.5, 0.6) is 11.5 Å². The first-order valence-corrected chi connectivity index (χ1v) is 9.59. The summed E-state index contributed by atoms with van der Waals surface area (Å²) in [5.74, 6) is 0.522. The van der Waals surface area contributed by atoms with Gasteiger partial charge in [-0.25, -0.2) is 9.78 Å². The fourth-order valence-corrected chi connectivity index (χ4v) is 3.53. The van der Waals surface area contributed by atoms with E-state index in [1.165, 1.54) is 4.57 Å². The number of aromatic nitrogens is 2. The summed E-state index contributed by atoms with van der Waals surface area (Å²) in [6.45, 7) is 0.131. The van der Waals surface area contributed by atoms with Gasteiger partial charge in [-0.1, -0.05) is 23.9 Å². The molecule has 0 aliphatic carbocycles. The highest BCUT2D eigenvalue weighted by molar-refractivity contribution is 7.99. The highest BCUT2D eigenvalue weighted by Crippen LogP contribution is 2.34. The fraction of sp³-hybridized carbons (Fsp3) is 0.158. The third kappa shape index (κ3) is 4.02. The first kappa shape index (κ1) is 18.8. The van der Waals surface area contributed by atoms with E-state index in [-0.39, 0.29) is 18.1 Å². The molecular formula is C19H16N4O5S. The lowest BCUT2D eigenvalue weighted by molar-refractivity contribution is -0.117. The van der Waals surface area contributed by atoms with Crippen LogP contribution in [-0.2, 0) is 11.8 Å². The van der Waals surface area contributed by atoms with E-state index in [1.54, 1.807) is 49.5 Å². The van der Waals surface area contributed by atoms with Crippen LogP contribution in [0.25, 0.3) is 10.9 Å². The Bertz CT molecular complexity index is 1180. The summed E-state index contributed by atoms with van der Waals surface area (Å²) in [5, 5.41) is 5.69. The second kappa shape index (κ2) is 7.84. The second-order valence-electron chi connectivity index (χ2n) is 6.13. The predicted molar refractivity (Wildman–Crippen MR) is 107 cm³/mol. The van der Waals surface area contributed by atoms with Crippen LogP contribution in [0.2, 0.25) is 0 Å². The Morgan fingerprint density at radius 3 is 2.83 bits per heavy atom. The highest BCUT2D eigenvalue weighted by Gasteiger charge is 2.16. The Balaban J connectivity index is 1.36. The quantitative estimate of drug-likeness (QED) is 0.499. The summed E-state index contributed by atoms with van der Waals surface area (Å²) in [7, 11) is 1.59.